The molecule has 44 valence electrons. The van der Waals surface area contributed by atoms with Crippen molar-refractivity contribution in [1.29, 1.82) is 0 Å². The van der Waals surface area contributed by atoms with Crippen LogP contribution in [0.3, 0.4) is 0 Å². The molecule has 0 N–H and O–H groups in total. The Hall–Kier alpha value is 0. The molecule has 1 rings (SSSR count). The molecular weight excluding hydrogens is 84.1 g/mol. The summed E-state index contributed by atoms with van der Waals surface area (Å²) >= 11 is 0. The minimum absolute atomic E-state index is 1.05. The van der Waals surface area contributed by atoms with Gasteiger partial charge in [0.05, 0.1) is 0 Å². The summed E-state index contributed by atoms with van der Waals surface area (Å²) in [5.74, 6) is 2.10. The lowest BCUT2D eigenvalue weighted by atomic mass is 10.4. The van der Waals surface area contributed by atoms with E-state index in [0.717, 1.165) is 11.8 Å². The first-order valence-electron chi connectivity index (χ1n) is 3.30. The highest BCUT2D eigenvalue weighted by Gasteiger charge is 2.26. The fraction of sp³-hybridized carbons (Fsp3) is 1.00. The average Bonchev–Trinajstić information content (AvgIpc) is 2.27. The van der Waals surface area contributed by atoms with Crippen molar-refractivity contribution < 1.29 is 0 Å². The lowest BCUT2D eigenvalue weighted by molar-refractivity contribution is 0.834. The Morgan fingerprint density at radius 3 is 1.14 bits per heavy atom. The van der Waals surface area contributed by atoms with E-state index < -0.39 is 0 Å². The first-order valence-corrected chi connectivity index (χ1v) is 3.30. The normalized spacial score (nSPS) is 36.0. The molecule has 0 nitrogen and oxygen atoms in total. The first-order chi connectivity index (χ1) is 3.30. The van der Waals surface area contributed by atoms with Crippen LogP contribution in [0.2, 0.25) is 0 Å². The van der Waals surface area contributed by atoms with Crippen molar-refractivity contribution in [2.45, 2.75) is 34.1 Å². The van der Waals surface area contributed by atoms with Gasteiger partial charge in [0.25, 0.3) is 0 Å². The van der Waals surface area contributed by atoms with Gasteiger partial charge >= 0.3 is 0 Å². The quantitative estimate of drug-likeness (QED) is 0.439. The van der Waals surface area contributed by atoms with Gasteiger partial charge in [-0.15, -0.1) is 0 Å². The van der Waals surface area contributed by atoms with Crippen LogP contribution in [0.1, 0.15) is 34.1 Å². The van der Waals surface area contributed by atoms with Crippen LogP contribution in [0.5, 0.6) is 0 Å². The lowest BCUT2D eigenvalue weighted by Gasteiger charge is -1.66. The molecule has 0 saturated heterocycles. The summed E-state index contributed by atoms with van der Waals surface area (Å²) in [6, 6.07) is 0. The molecule has 2 atom stereocenters. The summed E-state index contributed by atoms with van der Waals surface area (Å²) < 4.78 is 0. The monoisotopic (exact) mass is 100 g/mol. The van der Waals surface area contributed by atoms with Gasteiger partial charge < -0.3 is 0 Å². The lowest BCUT2D eigenvalue weighted by Crippen LogP contribution is -1.58. The molecule has 1 aliphatic rings. The second-order valence-electron chi connectivity index (χ2n) is 2.19. The molecule has 0 radical (unpaired) electrons. The zero-order valence-electron chi connectivity index (χ0n) is 5.86. The Balaban J connectivity index is 0.000000162. The van der Waals surface area contributed by atoms with Crippen molar-refractivity contribution in [3.63, 3.8) is 0 Å². The van der Waals surface area contributed by atoms with Crippen LogP contribution in [-0.2, 0) is 0 Å². The van der Waals surface area contributed by atoms with Crippen LogP contribution in [0.15, 0.2) is 0 Å². The average molecular weight is 100 g/mol. The van der Waals surface area contributed by atoms with Gasteiger partial charge in [-0.25, -0.2) is 0 Å². The molecular formula is C7H16. The van der Waals surface area contributed by atoms with E-state index in [1.165, 1.54) is 6.42 Å². The Labute approximate surface area is 46.9 Å². The Kier molecular flexibility index (Phi) is 3.06. The molecule has 0 unspecified atom stereocenters. The molecule has 1 aliphatic carbocycles. The third kappa shape index (κ3) is 2.67. The van der Waals surface area contributed by atoms with Gasteiger partial charge in [-0.2, -0.15) is 0 Å². The Morgan fingerprint density at radius 1 is 1.00 bits per heavy atom. The number of rotatable bonds is 0. The highest BCUT2D eigenvalue weighted by Crippen LogP contribution is 2.36. The number of hydrogen-bond donors (Lipinski definition) is 0. The van der Waals surface area contributed by atoms with E-state index in [1.807, 2.05) is 13.8 Å². The maximum Gasteiger partial charge on any atom is -0.0414 e. The summed E-state index contributed by atoms with van der Waals surface area (Å²) in [5.41, 5.74) is 0. The summed E-state index contributed by atoms with van der Waals surface area (Å²) in [7, 11) is 0. The van der Waals surface area contributed by atoms with E-state index in [0.29, 0.717) is 0 Å². The third-order valence-corrected chi connectivity index (χ3v) is 1.51. The van der Waals surface area contributed by atoms with E-state index in [4.69, 9.17) is 0 Å². The first kappa shape index (κ1) is 7.00. The van der Waals surface area contributed by atoms with Crippen molar-refractivity contribution in [3.8, 4) is 0 Å². The predicted molar refractivity (Wildman–Crippen MR) is 34.3 cm³/mol. The summed E-state index contributed by atoms with van der Waals surface area (Å²) in [4.78, 5) is 0. The fourth-order valence-electron chi connectivity index (χ4n) is 0.508. The maximum absolute atomic E-state index is 2.30. The molecule has 0 aromatic heterocycles. The molecule has 1 saturated carbocycles. The van der Waals surface area contributed by atoms with Crippen LogP contribution in [0, 0.1) is 11.8 Å². The summed E-state index contributed by atoms with van der Waals surface area (Å²) in [6.07, 6.45) is 1.47. The minimum Gasteiger partial charge on any atom is -0.0683 e. The number of hydrogen-bond acceptors (Lipinski definition) is 0. The molecule has 0 bridgehead atoms. The van der Waals surface area contributed by atoms with Crippen molar-refractivity contribution >= 4 is 0 Å². The molecule has 0 amide bonds. The molecule has 0 heterocycles. The van der Waals surface area contributed by atoms with Crippen molar-refractivity contribution in [3.05, 3.63) is 0 Å². The van der Waals surface area contributed by atoms with Crippen LogP contribution in [-0.4, -0.2) is 0 Å². The van der Waals surface area contributed by atoms with E-state index >= 15 is 0 Å². The van der Waals surface area contributed by atoms with Crippen molar-refractivity contribution in [2.75, 3.05) is 0 Å². The molecule has 7 heavy (non-hydrogen) atoms. The largest absolute Gasteiger partial charge is 0.0683 e. The van der Waals surface area contributed by atoms with Gasteiger partial charge in [0, 0.05) is 0 Å². The van der Waals surface area contributed by atoms with Gasteiger partial charge in [0.1, 0.15) is 0 Å². The SMILES string of the molecule is CC.C[C@@H]1C[C@@H]1C. The fourth-order valence-corrected chi connectivity index (χ4v) is 0.508. The van der Waals surface area contributed by atoms with Gasteiger partial charge in [-0.05, 0) is 18.3 Å². The predicted octanol–water partition coefficient (Wildman–Crippen LogP) is 2.69. The molecule has 0 aliphatic heterocycles. The smallest absolute Gasteiger partial charge is 0.0414 e. The highest BCUT2D eigenvalue weighted by molar-refractivity contribution is 4.76. The van der Waals surface area contributed by atoms with Crippen LogP contribution >= 0.6 is 0 Å². The highest BCUT2D eigenvalue weighted by atomic mass is 14.3. The Morgan fingerprint density at radius 2 is 1.14 bits per heavy atom. The second-order valence-corrected chi connectivity index (χ2v) is 2.19. The minimum atomic E-state index is 1.05. The molecule has 0 aromatic rings. The van der Waals surface area contributed by atoms with Crippen LogP contribution in [0.25, 0.3) is 0 Å². The summed E-state index contributed by atoms with van der Waals surface area (Å²) in [5, 5.41) is 0. The van der Waals surface area contributed by atoms with Crippen LogP contribution < -0.4 is 0 Å². The molecule has 1 fully saturated rings. The van der Waals surface area contributed by atoms with Gasteiger partial charge in [-0.1, -0.05) is 27.7 Å². The maximum atomic E-state index is 2.30. The van der Waals surface area contributed by atoms with Crippen LogP contribution in [0.4, 0.5) is 0 Å². The Bertz CT molecular complexity index is 33.3. The van der Waals surface area contributed by atoms with E-state index in [2.05, 4.69) is 13.8 Å². The third-order valence-electron chi connectivity index (χ3n) is 1.51. The van der Waals surface area contributed by atoms with Gasteiger partial charge in [-0.3, -0.25) is 0 Å². The van der Waals surface area contributed by atoms with Crippen molar-refractivity contribution in [1.82, 2.24) is 0 Å². The van der Waals surface area contributed by atoms with E-state index in [9.17, 15) is 0 Å². The second kappa shape index (κ2) is 3.06. The molecule has 0 spiro atoms. The molecule has 0 heteroatoms. The standard InChI is InChI=1S/C5H10.C2H6/c1-4-3-5(4)2;1-2/h4-5H,3H2,1-2H3;1-2H3/t4-,5+;. The topological polar surface area (TPSA) is 0 Å². The van der Waals surface area contributed by atoms with Crippen molar-refractivity contribution in [2.24, 2.45) is 11.8 Å². The zero-order chi connectivity index (χ0) is 5.86. The zero-order valence-corrected chi connectivity index (χ0v) is 5.86. The van der Waals surface area contributed by atoms with E-state index in [1.54, 1.807) is 0 Å². The van der Waals surface area contributed by atoms with Gasteiger partial charge in [0.15, 0.2) is 0 Å². The van der Waals surface area contributed by atoms with E-state index in [-0.39, 0.29) is 0 Å². The molecule has 0 aromatic carbocycles. The summed E-state index contributed by atoms with van der Waals surface area (Å²) in [6.45, 7) is 8.59. The van der Waals surface area contributed by atoms with Gasteiger partial charge in [0.2, 0.25) is 0 Å².